The van der Waals surface area contributed by atoms with E-state index in [1.54, 1.807) is 0 Å². The Labute approximate surface area is 116 Å². The van der Waals surface area contributed by atoms with Crippen molar-refractivity contribution in [3.63, 3.8) is 0 Å². The Kier molecular flexibility index (Phi) is 4.60. The molecule has 2 rings (SSSR count). The van der Waals surface area contributed by atoms with Gasteiger partial charge in [0.15, 0.2) is 0 Å². The molecular weight excluding hydrogens is 294 g/mol. The van der Waals surface area contributed by atoms with Crippen molar-refractivity contribution in [3.8, 4) is 0 Å². The van der Waals surface area contributed by atoms with Gasteiger partial charge in [0.1, 0.15) is 0 Å². The van der Waals surface area contributed by atoms with Crippen LogP contribution < -0.4 is 10.6 Å². The van der Waals surface area contributed by atoms with Gasteiger partial charge in [-0.05, 0) is 24.6 Å². The summed E-state index contributed by atoms with van der Waals surface area (Å²) in [6, 6.07) is 8.60. The van der Waals surface area contributed by atoms with Crippen molar-refractivity contribution in [1.29, 1.82) is 0 Å². The third-order valence-corrected chi connectivity index (χ3v) is 3.62. The molecule has 0 spiro atoms. The number of nitrogens with zero attached hydrogens (tertiary/aromatic N) is 1. The van der Waals surface area contributed by atoms with Crippen molar-refractivity contribution in [3.05, 3.63) is 34.3 Å². The van der Waals surface area contributed by atoms with Crippen LogP contribution in [0.1, 0.15) is 18.5 Å². The molecule has 2 amide bonds. The largest absolute Gasteiger partial charge is 0.336 e. The summed E-state index contributed by atoms with van der Waals surface area (Å²) in [6.07, 6.45) is 0. The van der Waals surface area contributed by atoms with E-state index < -0.39 is 0 Å². The van der Waals surface area contributed by atoms with E-state index in [9.17, 15) is 4.79 Å². The normalized spacial score (nSPS) is 16.8. The van der Waals surface area contributed by atoms with Gasteiger partial charge in [-0.15, -0.1) is 0 Å². The third kappa shape index (κ3) is 3.46. The van der Waals surface area contributed by atoms with E-state index in [1.807, 2.05) is 17.0 Å². The minimum atomic E-state index is 0.0481. The first-order valence-corrected chi connectivity index (χ1v) is 6.98. The molecule has 1 unspecified atom stereocenters. The average Bonchev–Trinajstić information content (AvgIpc) is 2.75. The fourth-order valence-corrected chi connectivity index (χ4v) is 2.45. The lowest BCUT2D eigenvalue weighted by Crippen LogP contribution is -2.35. The van der Waals surface area contributed by atoms with Gasteiger partial charge < -0.3 is 15.5 Å². The Hall–Kier alpha value is -1.07. The van der Waals surface area contributed by atoms with Crippen LogP contribution in [-0.2, 0) is 0 Å². The summed E-state index contributed by atoms with van der Waals surface area (Å²) >= 11 is 3.47. The zero-order valence-electron chi connectivity index (χ0n) is 10.4. The smallest absolute Gasteiger partial charge is 0.317 e. The van der Waals surface area contributed by atoms with E-state index in [1.165, 1.54) is 5.56 Å². The molecule has 0 saturated carbocycles. The molecule has 1 aromatic carbocycles. The molecule has 1 atom stereocenters. The molecule has 1 aliphatic rings. The third-order valence-electron chi connectivity index (χ3n) is 3.13. The van der Waals surface area contributed by atoms with Crippen molar-refractivity contribution in [2.24, 2.45) is 0 Å². The van der Waals surface area contributed by atoms with Gasteiger partial charge in [0.2, 0.25) is 0 Å². The van der Waals surface area contributed by atoms with Crippen LogP contribution in [0.15, 0.2) is 28.7 Å². The van der Waals surface area contributed by atoms with E-state index in [2.05, 4.69) is 45.6 Å². The first-order valence-electron chi connectivity index (χ1n) is 6.18. The van der Waals surface area contributed by atoms with Crippen molar-refractivity contribution >= 4 is 22.0 Å². The molecule has 5 heteroatoms. The topological polar surface area (TPSA) is 44.4 Å². The zero-order chi connectivity index (χ0) is 13.0. The number of carbonyl (C=O) groups excluding carboxylic acids is 1. The van der Waals surface area contributed by atoms with Crippen LogP contribution in [0.2, 0.25) is 0 Å². The number of halogens is 1. The number of rotatable bonds is 5. The van der Waals surface area contributed by atoms with Crippen LogP contribution in [0.25, 0.3) is 0 Å². The average molecular weight is 312 g/mol. The van der Waals surface area contributed by atoms with Crippen LogP contribution in [0.5, 0.6) is 0 Å². The highest BCUT2D eigenvalue weighted by molar-refractivity contribution is 9.10. The van der Waals surface area contributed by atoms with Gasteiger partial charge in [-0.3, -0.25) is 0 Å². The molecule has 1 aromatic rings. The Morgan fingerprint density at radius 2 is 2.39 bits per heavy atom. The molecule has 98 valence electrons. The summed E-state index contributed by atoms with van der Waals surface area (Å²) in [5, 5.41) is 6.23. The molecule has 1 saturated heterocycles. The van der Waals surface area contributed by atoms with Gasteiger partial charge in [-0.25, -0.2) is 4.79 Å². The van der Waals surface area contributed by atoms with E-state index >= 15 is 0 Å². The number of hydrogen-bond donors (Lipinski definition) is 2. The molecule has 0 radical (unpaired) electrons. The maximum atomic E-state index is 11.3. The number of hydrogen-bond acceptors (Lipinski definition) is 2. The quantitative estimate of drug-likeness (QED) is 0.875. The predicted octanol–water partition coefficient (Wildman–Crippen LogP) is 2.12. The van der Waals surface area contributed by atoms with E-state index in [0.29, 0.717) is 0 Å². The number of urea groups is 1. The summed E-state index contributed by atoms with van der Waals surface area (Å²) < 4.78 is 1.09. The maximum Gasteiger partial charge on any atom is 0.317 e. The van der Waals surface area contributed by atoms with E-state index in [0.717, 1.165) is 30.7 Å². The molecule has 0 aromatic heterocycles. The van der Waals surface area contributed by atoms with Gasteiger partial charge in [0.05, 0.1) is 0 Å². The van der Waals surface area contributed by atoms with Gasteiger partial charge in [0, 0.05) is 36.7 Å². The Morgan fingerprint density at radius 3 is 3.06 bits per heavy atom. The van der Waals surface area contributed by atoms with Crippen LogP contribution in [0.4, 0.5) is 4.79 Å². The standard InChI is InChI=1S/C13H18BrN3O/c1-10(11-3-2-4-12(14)9-11)15-5-7-17-8-6-16-13(17)18/h2-4,9-10,15H,5-8H2,1H3,(H,16,18). The molecule has 0 bridgehead atoms. The van der Waals surface area contributed by atoms with Crippen LogP contribution in [-0.4, -0.2) is 37.1 Å². The predicted molar refractivity (Wildman–Crippen MR) is 75.5 cm³/mol. The highest BCUT2D eigenvalue weighted by Crippen LogP contribution is 2.17. The second kappa shape index (κ2) is 6.20. The first-order chi connectivity index (χ1) is 8.66. The first kappa shape index (κ1) is 13.4. The van der Waals surface area contributed by atoms with Gasteiger partial charge in [-0.1, -0.05) is 28.1 Å². The van der Waals surface area contributed by atoms with Crippen molar-refractivity contribution in [1.82, 2.24) is 15.5 Å². The van der Waals surface area contributed by atoms with Gasteiger partial charge >= 0.3 is 6.03 Å². The summed E-state index contributed by atoms with van der Waals surface area (Å²) in [5.41, 5.74) is 1.25. The highest BCUT2D eigenvalue weighted by atomic mass is 79.9. The zero-order valence-corrected chi connectivity index (χ0v) is 12.0. The lowest BCUT2D eigenvalue weighted by molar-refractivity contribution is 0.217. The molecular formula is C13H18BrN3O. The van der Waals surface area contributed by atoms with Gasteiger partial charge in [0.25, 0.3) is 0 Å². The highest BCUT2D eigenvalue weighted by Gasteiger charge is 2.18. The lowest BCUT2D eigenvalue weighted by atomic mass is 10.1. The van der Waals surface area contributed by atoms with Crippen molar-refractivity contribution < 1.29 is 4.79 Å². The Morgan fingerprint density at radius 1 is 1.56 bits per heavy atom. The second-order valence-corrected chi connectivity index (χ2v) is 5.37. The summed E-state index contributed by atoms with van der Waals surface area (Å²) in [4.78, 5) is 13.2. The number of amides is 2. The van der Waals surface area contributed by atoms with Gasteiger partial charge in [-0.2, -0.15) is 0 Å². The summed E-state index contributed by atoms with van der Waals surface area (Å²) in [5.74, 6) is 0. The minimum Gasteiger partial charge on any atom is -0.336 e. The lowest BCUT2D eigenvalue weighted by Gasteiger charge is -2.18. The molecule has 1 heterocycles. The number of nitrogens with one attached hydrogen (secondary N) is 2. The van der Waals surface area contributed by atoms with Crippen molar-refractivity contribution in [2.75, 3.05) is 26.2 Å². The van der Waals surface area contributed by atoms with Crippen molar-refractivity contribution in [2.45, 2.75) is 13.0 Å². The summed E-state index contributed by atoms with van der Waals surface area (Å²) in [7, 11) is 0. The summed E-state index contributed by atoms with van der Waals surface area (Å²) in [6.45, 7) is 5.27. The maximum absolute atomic E-state index is 11.3. The van der Waals surface area contributed by atoms with Crippen LogP contribution in [0, 0.1) is 0 Å². The molecule has 4 nitrogen and oxygen atoms in total. The number of carbonyl (C=O) groups is 1. The van der Waals surface area contributed by atoms with Crippen LogP contribution in [0.3, 0.4) is 0 Å². The van der Waals surface area contributed by atoms with E-state index in [4.69, 9.17) is 0 Å². The minimum absolute atomic E-state index is 0.0481. The fraction of sp³-hybridized carbons (Fsp3) is 0.462. The molecule has 1 aliphatic heterocycles. The Balaban J connectivity index is 1.78. The monoisotopic (exact) mass is 311 g/mol. The van der Waals surface area contributed by atoms with E-state index in [-0.39, 0.29) is 12.1 Å². The molecule has 0 aliphatic carbocycles. The molecule has 1 fully saturated rings. The second-order valence-electron chi connectivity index (χ2n) is 4.45. The number of benzene rings is 1. The van der Waals surface area contributed by atoms with Crippen LogP contribution >= 0.6 is 15.9 Å². The Bertz CT molecular complexity index is 424. The molecule has 2 N–H and O–H groups in total. The SMILES string of the molecule is CC(NCCN1CCNC1=O)c1cccc(Br)c1. The fourth-order valence-electron chi connectivity index (χ4n) is 2.03. The molecule has 18 heavy (non-hydrogen) atoms.